The van der Waals surface area contributed by atoms with Crippen LogP contribution in [-0.4, -0.2) is 38.3 Å². The number of anilines is 1. The summed E-state index contributed by atoms with van der Waals surface area (Å²) in [7, 11) is 1.65. The maximum atomic E-state index is 12.6. The molecule has 28 heavy (non-hydrogen) atoms. The van der Waals surface area contributed by atoms with E-state index >= 15 is 0 Å². The molecule has 0 aromatic carbocycles. The molecule has 0 atom stereocenters. The molecular weight excluding hydrogens is 366 g/mol. The zero-order valence-electron chi connectivity index (χ0n) is 15.7. The highest BCUT2D eigenvalue weighted by atomic mass is 16.6. The minimum atomic E-state index is -0.547. The van der Waals surface area contributed by atoms with Crippen LogP contribution in [0.15, 0.2) is 24.5 Å². The SMILES string of the molecule is CCCn1cc([N+](=O)[O-])cc1C(=O)Nc1cc(C(=O)NCCC(=N)N)n(C)c1. The van der Waals surface area contributed by atoms with Crippen molar-refractivity contribution < 1.29 is 14.5 Å². The molecule has 0 fully saturated rings. The fraction of sp³-hybridized carbons (Fsp3) is 0.353. The highest BCUT2D eigenvalue weighted by Crippen LogP contribution is 2.19. The molecule has 0 spiro atoms. The van der Waals surface area contributed by atoms with Crippen LogP contribution in [0.4, 0.5) is 11.4 Å². The summed E-state index contributed by atoms with van der Waals surface area (Å²) in [5.74, 6) is -0.894. The number of nitrogens with zero attached hydrogens (tertiary/aromatic N) is 3. The standard InChI is InChI=1S/C17H23N7O4/c1-3-6-23-10-12(24(27)28)8-14(23)17(26)21-11-7-13(22(2)9-11)16(25)20-5-4-15(18)19/h7-10H,3-6H2,1-2H3,(H3,18,19)(H,20,25)(H,21,26). The predicted molar refractivity (Wildman–Crippen MR) is 104 cm³/mol. The highest BCUT2D eigenvalue weighted by Gasteiger charge is 2.20. The Kier molecular flexibility index (Phi) is 6.53. The molecule has 5 N–H and O–H groups in total. The summed E-state index contributed by atoms with van der Waals surface area (Å²) in [5, 5.41) is 23.4. The number of carbonyl (C=O) groups is 2. The van der Waals surface area contributed by atoms with Gasteiger partial charge in [0, 0.05) is 38.8 Å². The summed E-state index contributed by atoms with van der Waals surface area (Å²) in [5.41, 5.74) is 5.97. The van der Waals surface area contributed by atoms with Crippen LogP contribution in [0.5, 0.6) is 0 Å². The second-order valence-electron chi connectivity index (χ2n) is 6.24. The minimum absolute atomic E-state index is 0.0238. The van der Waals surface area contributed by atoms with E-state index in [9.17, 15) is 19.7 Å². The Bertz CT molecular complexity index is 913. The lowest BCUT2D eigenvalue weighted by molar-refractivity contribution is -0.384. The van der Waals surface area contributed by atoms with Gasteiger partial charge in [0.15, 0.2) is 0 Å². The molecule has 0 aliphatic carbocycles. The number of aryl methyl sites for hydroxylation is 2. The number of hydrogen-bond donors (Lipinski definition) is 4. The van der Waals surface area contributed by atoms with E-state index < -0.39 is 10.8 Å². The van der Waals surface area contributed by atoms with E-state index in [1.165, 1.54) is 22.9 Å². The maximum Gasteiger partial charge on any atom is 0.287 e. The molecule has 0 aliphatic heterocycles. The van der Waals surface area contributed by atoms with Gasteiger partial charge in [0.2, 0.25) is 0 Å². The number of rotatable bonds is 9. The highest BCUT2D eigenvalue weighted by molar-refractivity contribution is 6.04. The Labute approximate surface area is 161 Å². The summed E-state index contributed by atoms with van der Waals surface area (Å²) in [6.07, 6.45) is 3.85. The fourth-order valence-corrected chi connectivity index (χ4v) is 2.67. The van der Waals surface area contributed by atoms with Crippen molar-refractivity contribution in [2.24, 2.45) is 12.8 Å². The third-order valence-corrected chi connectivity index (χ3v) is 3.97. The monoisotopic (exact) mass is 389 g/mol. The van der Waals surface area contributed by atoms with Crippen LogP contribution in [0.1, 0.15) is 40.7 Å². The first-order chi connectivity index (χ1) is 13.2. The minimum Gasteiger partial charge on any atom is -0.388 e. The molecule has 0 radical (unpaired) electrons. The van der Waals surface area contributed by atoms with Gasteiger partial charge in [-0.2, -0.15) is 0 Å². The number of aromatic nitrogens is 2. The smallest absolute Gasteiger partial charge is 0.287 e. The van der Waals surface area contributed by atoms with Crippen molar-refractivity contribution in [1.82, 2.24) is 14.5 Å². The van der Waals surface area contributed by atoms with Gasteiger partial charge in [0.1, 0.15) is 11.4 Å². The van der Waals surface area contributed by atoms with Gasteiger partial charge in [-0.05, 0) is 12.5 Å². The summed E-state index contributed by atoms with van der Waals surface area (Å²) in [6, 6.07) is 2.73. The lowest BCUT2D eigenvalue weighted by atomic mass is 10.3. The predicted octanol–water partition coefficient (Wildman–Crippen LogP) is 1.45. The zero-order valence-corrected chi connectivity index (χ0v) is 15.7. The molecule has 0 saturated heterocycles. The second kappa shape index (κ2) is 8.84. The molecule has 2 aromatic heterocycles. The molecule has 11 heteroatoms. The normalized spacial score (nSPS) is 10.5. The fourth-order valence-electron chi connectivity index (χ4n) is 2.67. The molecular formula is C17H23N7O4. The first-order valence-corrected chi connectivity index (χ1v) is 8.66. The molecule has 2 heterocycles. The molecule has 0 bridgehead atoms. The quantitative estimate of drug-likeness (QED) is 0.220. The van der Waals surface area contributed by atoms with Gasteiger partial charge in [-0.25, -0.2) is 0 Å². The van der Waals surface area contributed by atoms with Gasteiger partial charge in [-0.15, -0.1) is 0 Å². The number of amidine groups is 1. The third kappa shape index (κ3) is 4.96. The van der Waals surface area contributed by atoms with Gasteiger partial charge in [0.05, 0.1) is 22.6 Å². The number of carbonyl (C=O) groups excluding carboxylic acids is 2. The van der Waals surface area contributed by atoms with Crippen molar-refractivity contribution in [1.29, 1.82) is 5.41 Å². The van der Waals surface area contributed by atoms with Crippen molar-refractivity contribution in [3.63, 3.8) is 0 Å². The largest absolute Gasteiger partial charge is 0.388 e. The van der Waals surface area contributed by atoms with E-state index in [2.05, 4.69) is 10.6 Å². The Morgan fingerprint density at radius 2 is 1.96 bits per heavy atom. The van der Waals surface area contributed by atoms with Gasteiger partial charge < -0.3 is 25.5 Å². The number of nitrogens with two attached hydrogens (primary N) is 1. The van der Waals surface area contributed by atoms with Crippen LogP contribution in [0.25, 0.3) is 0 Å². The van der Waals surface area contributed by atoms with Crippen LogP contribution >= 0.6 is 0 Å². The number of amides is 2. The first kappa shape index (κ1) is 20.7. The Morgan fingerprint density at radius 3 is 2.57 bits per heavy atom. The van der Waals surface area contributed by atoms with Crippen molar-refractivity contribution in [2.75, 3.05) is 11.9 Å². The molecule has 0 unspecified atom stereocenters. The third-order valence-electron chi connectivity index (χ3n) is 3.97. The maximum absolute atomic E-state index is 12.6. The summed E-state index contributed by atoms with van der Waals surface area (Å²) < 4.78 is 3.08. The second-order valence-corrected chi connectivity index (χ2v) is 6.24. The van der Waals surface area contributed by atoms with Crippen LogP contribution in [0.3, 0.4) is 0 Å². The van der Waals surface area contributed by atoms with E-state index in [4.69, 9.17) is 11.1 Å². The van der Waals surface area contributed by atoms with Crippen LogP contribution in [0.2, 0.25) is 0 Å². The van der Waals surface area contributed by atoms with Crippen molar-refractivity contribution in [3.8, 4) is 0 Å². The lowest BCUT2D eigenvalue weighted by Gasteiger charge is -2.06. The van der Waals surface area contributed by atoms with Crippen molar-refractivity contribution >= 4 is 29.0 Å². The summed E-state index contributed by atoms with van der Waals surface area (Å²) in [4.78, 5) is 35.2. The van der Waals surface area contributed by atoms with Crippen molar-refractivity contribution in [3.05, 3.63) is 46.0 Å². The Hall–Kier alpha value is -3.63. The van der Waals surface area contributed by atoms with E-state index in [1.807, 2.05) is 6.92 Å². The van der Waals surface area contributed by atoms with Gasteiger partial charge >= 0.3 is 0 Å². The lowest BCUT2D eigenvalue weighted by Crippen LogP contribution is -2.28. The number of nitrogens with one attached hydrogen (secondary N) is 3. The van der Waals surface area contributed by atoms with Crippen LogP contribution in [-0.2, 0) is 13.6 Å². The molecule has 0 aliphatic rings. The van der Waals surface area contributed by atoms with E-state index in [1.54, 1.807) is 17.8 Å². The summed E-state index contributed by atoms with van der Waals surface area (Å²) in [6.45, 7) is 2.60. The Morgan fingerprint density at radius 1 is 1.25 bits per heavy atom. The molecule has 150 valence electrons. The van der Waals surface area contributed by atoms with Crippen molar-refractivity contribution in [2.45, 2.75) is 26.3 Å². The molecule has 2 aromatic rings. The Balaban J connectivity index is 2.14. The van der Waals surface area contributed by atoms with Gasteiger partial charge in [0.25, 0.3) is 17.5 Å². The topological polar surface area (TPSA) is 161 Å². The molecule has 2 rings (SSSR count). The van der Waals surface area contributed by atoms with Gasteiger partial charge in [-0.1, -0.05) is 6.92 Å². The van der Waals surface area contributed by atoms with E-state index in [-0.39, 0.29) is 36.1 Å². The number of nitro groups is 1. The molecule has 11 nitrogen and oxygen atoms in total. The first-order valence-electron chi connectivity index (χ1n) is 8.66. The summed E-state index contributed by atoms with van der Waals surface area (Å²) >= 11 is 0. The van der Waals surface area contributed by atoms with Crippen LogP contribution in [0, 0.1) is 15.5 Å². The van der Waals surface area contributed by atoms with E-state index in [0.29, 0.717) is 24.3 Å². The zero-order chi connectivity index (χ0) is 20.8. The average molecular weight is 389 g/mol. The number of hydrogen-bond acceptors (Lipinski definition) is 5. The van der Waals surface area contributed by atoms with Crippen LogP contribution < -0.4 is 16.4 Å². The average Bonchev–Trinajstić information content (AvgIpc) is 3.18. The van der Waals surface area contributed by atoms with Gasteiger partial charge in [-0.3, -0.25) is 25.1 Å². The molecule has 2 amide bonds. The molecule has 0 saturated carbocycles. The van der Waals surface area contributed by atoms with E-state index in [0.717, 1.165) is 0 Å².